The van der Waals surface area contributed by atoms with Crippen LogP contribution in [0.2, 0.25) is 0 Å². The molecular weight excluding hydrogens is 307 g/mol. The Morgan fingerprint density at radius 3 is 2.52 bits per heavy atom. The molecule has 2 nitrogen and oxygen atoms in total. The van der Waals surface area contributed by atoms with E-state index in [0.29, 0.717) is 12.1 Å². The van der Waals surface area contributed by atoms with Crippen molar-refractivity contribution < 1.29 is 4.39 Å². The van der Waals surface area contributed by atoms with Gasteiger partial charge in [-0.2, -0.15) is 5.26 Å². The molecule has 114 valence electrons. The molecule has 4 heteroatoms. The minimum atomic E-state index is -0.242. The van der Waals surface area contributed by atoms with Crippen molar-refractivity contribution in [2.24, 2.45) is 0 Å². The predicted molar refractivity (Wildman–Crippen MR) is 90.6 cm³/mol. The summed E-state index contributed by atoms with van der Waals surface area (Å²) in [5, 5.41) is 14.7. The van der Waals surface area contributed by atoms with Crippen molar-refractivity contribution in [1.82, 2.24) is 5.32 Å². The molecule has 0 saturated heterocycles. The summed E-state index contributed by atoms with van der Waals surface area (Å²) in [6.45, 7) is 0.573. The largest absolute Gasteiger partial charge is 0.301 e. The van der Waals surface area contributed by atoms with Gasteiger partial charge in [-0.15, -0.1) is 11.3 Å². The third kappa shape index (κ3) is 3.65. The monoisotopic (exact) mass is 322 g/mol. The second-order valence-corrected chi connectivity index (χ2v) is 6.13. The molecule has 0 amide bonds. The lowest BCUT2D eigenvalue weighted by molar-refractivity contribution is 0.603. The maximum Gasteiger partial charge on any atom is 0.123 e. The molecule has 2 aromatic carbocycles. The number of hydrogen-bond donors (Lipinski definition) is 1. The SMILES string of the molecule is N#Cc1ccccc1CN[C@H](c1ccc(F)cc1)c1cccs1. The first kappa shape index (κ1) is 15.4. The first-order valence-corrected chi connectivity index (χ1v) is 8.16. The lowest BCUT2D eigenvalue weighted by Crippen LogP contribution is -2.21. The maximum absolute atomic E-state index is 13.2. The molecule has 0 radical (unpaired) electrons. The molecule has 3 aromatic rings. The Morgan fingerprint density at radius 2 is 1.83 bits per heavy atom. The van der Waals surface area contributed by atoms with Gasteiger partial charge in [-0.25, -0.2) is 4.39 Å². The first-order valence-electron chi connectivity index (χ1n) is 7.28. The fraction of sp³-hybridized carbons (Fsp3) is 0.105. The van der Waals surface area contributed by atoms with E-state index >= 15 is 0 Å². The molecule has 0 saturated carbocycles. The highest BCUT2D eigenvalue weighted by Gasteiger charge is 2.15. The van der Waals surface area contributed by atoms with Crippen LogP contribution in [0.3, 0.4) is 0 Å². The molecule has 0 aliphatic heterocycles. The van der Waals surface area contributed by atoms with E-state index in [9.17, 15) is 9.65 Å². The third-order valence-corrected chi connectivity index (χ3v) is 4.60. The number of nitrogens with one attached hydrogen (secondary N) is 1. The van der Waals surface area contributed by atoms with Gasteiger partial charge in [0.15, 0.2) is 0 Å². The van der Waals surface area contributed by atoms with Crippen LogP contribution in [0.15, 0.2) is 66.0 Å². The molecule has 0 spiro atoms. The van der Waals surface area contributed by atoms with E-state index in [1.54, 1.807) is 23.5 Å². The molecule has 1 N–H and O–H groups in total. The van der Waals surface area contributed by atoms with Gasteiger partial charge in [-0.05, 0) is 40.8 Å². The second-order valence-electron chi connectivity index (χ2n) is 5.15. The highest BCUT2D eigenvalue weighted by atomic mass is 32.1. The highest BCUT2D eigenvalue weighted by molar-refractivity contribution is 7.10. The fourth-order valence-corrected chi connectivity index (χ4v) is 3.32. The summed E-state index contributed by atoms with van der Waals surface area (Å²) >= 11 is 1.65. The normalized spacial score (nSPS) is 11.8. The first-order chi connectivity index (χ1) is 11.3. The standard InChI is InChI=1S/C19H15FN2S/c20-17-9-7-14(8-10-17)19(18-6-3-11-23-18)22-13-16-5-2-1-4-15(16)12-21/h1-11,19,22H,13H2/t19-/m1/s1. The molecular formula is C19H15FN2S. The molecule has 0 bridgehead atoms. The summed E-state index contributed by atoms with van der Waals surface area (Å²) in [6.07, 6.45) is 0. The predicted octanol–water partition coefficient (Wildman–Crippen LogP) is 4.64. The third-order valence-electron chi connectivity index (χ3n) is 3.67. The number of halogens is 1. The van der Waals surface area contributed by atoms with E-state index in [2.05, 4.69) is 17.5 Å². The van der Waals surface area contributed by atoms with E-state index in [1.165, 1.54) is 12.1 Å². The minimum absolute atomic E-state index is 0.0256. The van der Waals surface area contributed by atoms with Crippen molar-refractivity contribution in [3.63, 3.8) is 0 Å². The van der Waals surface area contributed by atoms with Crippen LogP contribution >= 0.6 is 11.3 Å². The zero-order chi connectivity index (χ0) is 16.1. The summed E-state index contributed by atoms with van der Waals surface area (Å²) in [7, 11) is 0. The van der Waals surface area contributed by atoms with Crippen molar-refractivity contribution in [3.8, 4) is 6.07 Å². The van der Waals surface area contributed by atoms with Crippen LogP contribution in [0.4, 0.5) is 4.39 Å². The molecule has 1 atom stereocenters. The van der Waals surface area contributed by atoms with E-state index in [1.807, 2.05) is 35.7 Å². The Kier molecular flexibility index (Phi) is 4.82. The summed E-state index contributed by atoms with van der Waals surface area (Å²) in [6, 6.07) is 20.3. The van der Waals surface area contributed by atoms with Gasteiger partial charge < -0.3 is 5.32 Å². The van der Waals surface area contributed by atoms with Gasteiger partial charge in [0.25, 0.3) is 0 Å². The number of benzene rings is 2. The van der Waals surface area contributed by atoms with E-state index in [4.69, 9.17) is 0 Å². The van der Waals surface area contributed by atoms with Crippen LogP contribution in [0.25, 0.3) is 0 Å². The van der Waals surface area contributed by atoms with E-state index < -0.39 is 0 Å². The molecule has 23 heavy (non-hydrogen) atoms. The molecule has 0 fully saturated rings. The minimum Gasteiger partial charge on any atom is -0.301 e. The van der Waals surface area contributed by atoms with Gasteiger partial charge in [0, 0.05) is 11.4 Å². The van der Waals surface area contributed by atoms with Crippen LogP contribution in [0.1, 0.15) is 27.6 Å². The van der Waals surface area contributed by atoms with Crippen LogP contribution in [-0.4, -0.2) is 0 Å². The Balaban J connectivity index is 1.85. The van der Waals surface area contributed by atoms with Gasteiger partial charge in [0.1, 0.15) is 5.82 Å². The van der Waals surface area contributed by atoms with Crippen molar-refractivity contribution >= 4 is 11.3 Å². The number of hydrogen-bond acceptors (Lipinski definition) is 3. The Bertz CT molecular complexity index is 804. The molecule has 3 rings (SSSR count). The smallest absolute Gasteiger partial charge is 0.123 e. The molecule has 0 aliphatic carbocycles. The van der Waals surface area contributed by atoms with Crippen molar-refractivity contribution in [2.45, 2.75) is 12.6 Å². The topological polar surface area (TPSA) is 35.8 Å². The van der Waals surface area contributed by atoms with Crippen LogP contribution in [0, 0.1) is 17.1 Å². The quantitative estimate of drug-likeness (QED) is 0.743. The molecule has 0 unspecified atom stereocenters. The summed E-state index contributed by atoms with van der Waals surface area (Å²) < 4.78 is 13.2. The molecule has 0 aliphatic rings. The summed E-state index contributed by atoms with van der Waals surface area (Å²) in [5.41, 5.74) is 2.63. The number of rotatable bonds is 5. The Morgan fingerprint density at radius 1 is 1.04 bits per heavy atom. The van der Waals surface area contributed by atoms with Gasteiger partial charge in [-0.3, -0.25) is 0 Å². The number of thiophene rings is 1. The maximum atomic E-state index is 13.2. The van der Waals surface area contributed by atoms with Crippen LogP contribution in [0.5, 0.6) is 0 Å². The zero-order valence-corrected chi connectivity index (χ0v) is 13.2. The number of nitriles is 1. The molecule has 1 aromatic heterocycles. The van der Waals surface area contributed by atoms with Crippen LogP contribution < -0.4 is 5.32 Å². The zero-order valence-electron chi connectivity index (χ0n) is 12.4. The van der Waals surface area contributed by atoms with Gasteiger partial charge in [0.05, 0.1) is 17.7 Å². The lowest BCUT2D eigenvalue weighted by atomic mass is 10.0. The molecule has 1 heterocycles. The highest BCUT2D eigenvalue weighted by Crippen LogP contribution is 2.26. The fourth-order valence-electron chi connectivity index (χ4n) is 2.49. The number of nitrogens with zero attached hydrogens (tertiary/aromatic N) is 1. The van der Waals surface area contributed by atoms with Crippen molar-refractivity contribution in [1.29, 1.82) is 5.26 Å². The van der Waals surface area contributed by atoms with Crippen molar-refractivity contribution in [2.75, 3.05) is 0 Å². The average Bonchev–Trinajstić information content (AvgIpc) is 3.11. The Labute approximate surface area is 138 Å². The Hall–Kier alpha value is -2.48. The average molecular weight is 322 g/mol. The summed E-state index contributed by atoms with van der Waals surface area (Å²) in [5.74, 6) is -0.242. The van der Waals surface area contributed by atoms with Gasteiger partial charge in [0.2, 0.25) is 0 Å². The van der Waals surface area contributed by atoms with Crippen molar-refractivity contribution in [3.05, 3.63) is 93.4 Å². The van der Waals surface area contributed by atoms with E-state index in [-0.39, 0.29) is 11.9 Å². The van der Waals surface area contributed by atoms with Crippen LogP contribution in [-0.2, 0) is 6.54 Å². The summed E-state index contributed by atoms with van der Waals surface area (Å²) in [4.78, 5) is 1.16. The second kappa shape index (κ2) is 7.19. The van der Waals surface area contributed by atoms with Gasteiger partial charge >= 0.3 is 0 Å². The van der Waals surface area contributed by atoms with Gasteiger partial charge in [-0.1, -0.05) is 36.4 Å². The lowest BCUT2D eigenvalue weighted by Gasteiger charge is -2.18. The van der Waals surface area contributed by atoms with E-state index in [0.717, 1.165) is 16.0 Å².